The molecule has 0 aromatic heterocycles. The number of ether oxygens (including phenoxy) is 2. The van der Waals surface area contributed by atoms with Crippen molar-refractivity contribution in [2.24, 2.45) is 5.92 Å². The number of nitriles is 4. The molecule has 3 rings (SSSR count). The summed E-state index contributed by atoms with van der Waals surface area (Å²) in [5.74, 6) is -2.43. The van der Waals surface area contributed by atoms with Crippen LogP contribution in [0, 0.1) is 51.2 Å². The number of alkyl halides is 6. The van der Waals surface area contributed by atoms with Crippen molar-refractivity contribution in [3.63, 3.8) is 0 Å². The van der Waals surface area contributed by atoms with Gasteiger partial charge in [0.2, 0.25) is 0 Å². The van der Waals surface area contributed by atoms with E-state index in [9.17, 15) is 47.4 Å². The third-order valence-electron chi connectivity index (χ3n) is 5.19. The molecular weight excluding hydrogens is 514 g/mol. The highest BCUT2D eigenvalue weighted by Crippen LogP contribution is 2.34. The van der Waals surface area contributed by atoms with Crippen molar-refractivity contribution in [3.8, 4) is 41.5 Å². The smallest absolute Gasteiger partial charge is 0.416 e. The van der Waals surface area contributed by atoms with Crippen molar-refractivity contribution in [2.75, 3.05) is 0 Å². The number of halogens is 6. The predicted molar refractivity (Wildman–Crippen MR) is 118 cm³/mol. The molecule has 2 aromatic rings. The van der Waals surface area contributed by atoms with Crippen molar-refractivity contribution < 1.29 is 35.8 Å². The maximum atomic E-state index is 12.9. The molecule has 1 unspecified atom stereocenters. The van der Waals surface area contributed by atoms with Crippen LogP contribution in [0.5, 0.6) is 17.2 Å². The molecule has 1 aliphatic rings. The summed E-state index contributed by atoms with van der Waals surface area (Å²) < 4.78 is 88.8. The van der Waals surface area contributed by atoms with E-state index in [0.717, 1.165) is 54.6 Å². The Morgan fingerprint density at radius 1 is 0.763 bits per heavy atom. The SMILES string of the molecule is N#CC(C#N)=c1cc(Oc2ccc(C(F)(F)F)cc2)c(=C(C#N)C#N)cc1OC1=CCC(C(F)(F)F)C=C1. The standard InChI is InChI=1S/C26H12F6N4O2/c27-25(28,29)17-1-5-19(6-2-17)37-23-9-22(16(13-35)14-36)24(10-21(23)15(11-33)12-34)38-20-7-3-18(4-8-20)26(30,31)32/h1-3,5-10,18H,4H2. The van der Waals surface area contributed by atoms with Crippen LogP contribution in [0.1, 0.15) is 12.0 Å². The zero-order valence-corrected chi connectivity index (χ0v) is 18.9. The van der Waals surface area contributed by atoms with Crippen LogP contribution in [0.15, 0.2) is 60.4 Å². The van der Waals surface area contributed by atoms with Gasteiger partial charge in [-0.05, 0) is 55.0 Å². The van der Waals surface area contributed by atoms with Crippen LogP contribution in [0.2, 0.25) is 0 Å². The Balaban J connectivity index is 2.17. The molecule has 38 heavy (non-hydrogen) atoms. The van der Waals surface area contributed by atoms with Crippen LogP contribution in [0.3, 0.4) is 0 Å². The molecule has 1 aliphatic carbocycles. The lowest BCUT2D eigenvalue weighted by atomic mass is 9.99. The van der Waals surface area contributed by atoms with Gasteiger partial charge in [0.15, 0.2) is 0 Å². The molecule has 0 radical (unpaired) electrons. The van der Waals surface area contributed by atoms with Crippen molar-refractivity contribution in [1.29, 1.82) is 21.0 Å². The van der Waals surface area contributed by atoms with Gasteiger partial charge < -0.3 is 9.47 Å². The van der Waals surface area contributed by atoms with Gasteiger partial charge in [0.25, 0.3) is 0 Å². The summed E-state index contributed by atoms with van der Waals surface area (Å²) in [6.07, 6.45) is -6.45. The lowest BCUT2D eigenvalue weighted by Gasteiger charge is -2.19. The number of nitrogens with zero attached hydrogens (tertiary/aromatic N) is 4. The Kier molecular flexibility index (Phi) is 7.80. The second-order valence-corrected chi connectivity index (χ2v) is 7.62. The average Bonchev–Trinajstić information content (AvgIpc) is 2.87. The molecule has 6 nitrogen and oxygen atoms in total. The Bertz CT molecular complexity index is 1580. The zero-order valence-electron chi connectivity index (χ0n) is 18.9. The topological polar surface area (TPSA) is 114 Å². The maximum Gasteiger partial charge on any atom is 0.416 e. The monoisotopic (exact) mass is 526 g/mol. The van der Waals surface area contributed by atoms with E-state index >= 15 is 0 Å². The first-order chi connectivity index (χ1) is 17.9. The van der Waals surface area contributed by atoms with E-state index in [1.807, 2.05) is 0 Å². The van der Waals surface area contributed by atoms with E-state index in [1.165, 1.54) is 0 Å². The summed E-state index contributed by atoms with van der Waals surface area (Å²) >= 11 is 0. The van der Waals surface area contributed by atoms with Gasteiger partial charge in [-0.3, -0.25) is 0 Å². The molecule has 0 N–H and O–H groups in total. The lowest BCUT2D eigenvalue weighted by Crippen LogP contribution is -2.23. The normalized spacial score (nSPS) is 14.7. The highest BCUT2D eigenvalue weighted by Gasteiger charge is 2.38. The molecule has 2 aromatic carbocycles. The van der Waals surface area contributed by atoms with Gasteiger partial charge in [-0.25, -0.2) is 0 Å². The molecule has 1 atom stereocenters. The molecule has 0 fully saturated rings. The van der Waals surface area contributed by atoms with Gasteiger partial charge >= 0.3 is 12.4 Å². The van der Waals surface area contributed by atoms with Gasteiger partial charge in [0.05, 0.1) is 11.5 Å². The van der Waals surface area contributed by atoms with E-state index in [4.69, 9.17) is 9.47 Å². The highest BCUT2D eigenvalue weighted by molar-refractivity contribution is 5.77. The van der Waals surface area contributed by atoms with Crippen LogP contribution in [-0.2, 0) is 6.18 Å². The molecule has 0 amide bonds. The fourth-order valence-corrected chi connectivity index (χ4v) is 3.30. The van der Waals surface area contributed by atoms with Gasteiger partial charge in [-0.2, -0.15) is 47.4 Å². The number of benzene rings is 2. The molecule has 0 saturated carbocycles. The fourth-order valence-electron chi connectivity index (χ4n) is 3.30. The van der Waals surface area contributed by atoms with Crippen molar-refractivity contribution in [3.05, 3.63) is 76.4 Å². The van der Waals surface area contributed by atoms with E-state index in [2.05, 4.69) is 0 Å². The third-order valence-corrected chi connectivity index (χ3v) is 5.19. The van der Waals surface area contributed by atoms with Gasteiger partial charge in [-0.15, -0.1) is 0 Å². The molecule has 0 aliphatic heterocycles. The van der Waals surface area contributed by atoms with Crippen molar-refractivity contribution >= 4 is 11.1 Å². The highest BCUT2D eigenvalue weighted by atomic mass is 19.4. The summed E-state index contributed by atoms with van der Waals surface area (Å²) in [4.78, 5) is 0. The van der Waals surface area contributed by atoms with Gasteiger partial charge in [0.1, 0.15) is 58.4 Å². The lowest BCUT2D eigenvalue weighted by molar-refractivity contribution is -0.160. The predicted octanol–water partition coefficient (Wildman–Crippen LogP) is 5.29. The number of hydrogen-bond donors (Lipinski definition) is 0. The van der Waals surface area contributed by atoms with E-state index < -0.39 is 41.4 Å². The largest absolute Gasteiger partial charge is 0.457 e. The van der Waals surface area contributed by atoms with Crippen LogP contribution in [-0.4, -0.2) is 6.18 Å². The first-order valence-electron chi connectivity index (χ1n) is 10.4. The Labute approximate surface area is 211 Å². The number of rotatable bonds is 4. The summed E-state index contributed by atoms with van der Waals surface area (Å²) in [6, 6.07) is 12.2. The van der Waals surface area contributed by atoms with Gasteiger partial charge in [0, 0.05) is 10.4 Å². The molecule has 0 heterocycles. The Morgan fingerprint density at radius 2 is 1.26 bits per heavy atom. The minimum Gasteiger partial charge on any atom is -0.457 e. The van der Waals surface area contributed by atoms with Crippen molar-refractivity contribution in [2.45, 2.75) is 18.8 Å². The zero-order chi connectivity index (χ0) is 28.1. The van der Waals surface area contributed by atoms with Gasteiger partial charge in [-0.1, -0.05) is 6.08 Å². The van der Waals surface area contributed by atoms with E-state index in [0.29, 0.717) is 0 Å². The minimum absolute atomic E-state index is 0.0557. The summed E-state index contributed by atoms with van der Waals surface area (Å²) in [7, 11) is 0. The quantitative estimate of drug-likeness (QED) is 0.500. The Morgan fingerprint density at radius 3 is 1.66 bits per heavy atom. The Hall–Kier alpha value is -5.20. The minimum atomic E-state index is -4.61. The number of allylic oxidation sites excluding steroid dienone is 3. The molecular formula is C26H12F6N4O2. The molecule has 12 heteroatoms. The van der Waals surface area contributed by atoms with Crippen LogP contribution < -0.4 is 19.9 Å². The second-order valence-electron chi connectivity index (χ2n) is 7.62. The van der Waals surface area contributed by atoms with Crippen LogP contribution >= 0.6 is 0 Å². The maximum absolute atomic E-state index is 12.9. The number of hydrogen-bond acceptors (Lipinski definition) is 6. The summed E-state index contributed by atoms with van der Waals surface area (Å²) in [5.41, 5.74) is -1.97. The molecule has 0 bridgehead atoms. The summed E-state index contributed by atoms with van der Waals surface area (Å²) in [6.45, 7) is 0. The van der Waals surface area contributed by atoms with E-state index in [1.54, 1.807) is 24.3 Å². The van der Waals surface area contributed by atoms with Crippen molar-refractivity contribution in [1.82, 2.24) is 0 Å². The first kappa shape index (κ1) is 27.4. The van der Waals surface area contributed by atoms with Crippen LogP contribution in [0.25, 0.3) is 11.1 Å². The molecule has 190 valence electrons. The first-order valence-corrected chi connectivity index (χ1v) is 10.4. The molecule has 0 saturated heterocycles. The van der Waals surface area contributed by atoms with E-state index in [-0.39, 0.29) is 33.4 Å². The summed E-state index contributed by atoms with van der Waals surface area (Å²) in [5, 5.41) is 37.3. The third kappa shape index (κ3) is 6.13. The molecule has 0 spiro atoms. The van der Waals surface area contributed by atoms with Crippen LogP contribution in [0.4, 0.5) is 26.3 Å². The second kappa shape index (κ2) is 10.8. The fraction of sp³-hybridized carbons (Fsp3) is 0.154. The average molecular weight is 526 g/mol.